The summed E-state index contributed by atoms with van der Waals surface area (Å²) in [5.41, 5.74) is 5.35. The van der Waals surface area contributed by atoms with Crippen LogP contribution in [0, 0.1) is 0 Å². The minimum absolute atomic E-state index is 0.456. The van der Waals surface area contributed by atoms with Gasteiger partial charge in [-0.2, -0.15) is 0 Å². The Morgan fingerprint density at radius 3 is 2.73 bits per heavy atom. The summed E-state index contributed by atoms with van der Waals surface area (Å²) in [6, 6.07) is 0.456. The van der Waals surface area contributed by atoms with Gasteiger partial charge in [0.1, 0.15) is 0 Å². The minimum atomic E-state index is 0.456. The number of hydrogen-bond donors (Lipinski definition) is 2. The van der Waals surface area contributed by atoms with E-state index in [4.69, 9.17) is 10.5 Å². The lowest BCUT2D eigenvalue weighted by molar-refractivity contribution is 0.172. The number of hydrogen-bond acceptors (Lipinski definition) is 3. The number of nitrogens with one attached hydrogen (secondary N) is 1. The van der Waals surface area contributed by atoms with Crippen molar-refractivity contribution in [2.24, 2.45) is 5.73 Å². The maximum absolute atomic E-state index is 5.35. The Morgan fingerprint density at radius 2 is 2.18 bits per heavy atom. The Labute approximate surface area is 69.3 Å². The topological polar surface area (TPSA) is 47.3 Å². The normalized spacial score (nSPS) is 13.4. The van der Waals surface area contributed by atoms with Crippen LogP contribution in [0.25, 0.3) is 0 Å². The van der Waals surface area contributed by atoms with Gasteiger partial charge in [0.05, 0.1) is 6.61 Å². The minimum Gasteiger partial charge on any atom is -0.383 e. The Kier molecular flexibility index (Phi) is 7.89. The molecular formula is C8H20N2O. The third-order valence-electron chi connectivity index (χ3n) is 1.54. The maximum atomic E-state index is 5.35. The molecule has 0 aliphatic rings. The lowest BCUT2D eigenvalue weighted by Crippen LogP contribution is -2.31. The monoisotopic (exact) mass is 160 g/mol. The van der Waals surface area contributed by atoms with Gasteiger partial charge in [0, 0.05) is 13.2 Å². The first kappa shape index (κ1) is 10.9. The molecule has 0 heterocycles. The number of methoxy groups -OCH3 is 1. The van der Waals surface area contributed by atoms with E-state index in [1.807, 2.05) is 0 Å². The average Bonchev–Trinajstić information content (AvgIpc) is 1.99. The highest BCUT2D eigenvalue weighted by Gasteiger charge is 1.97. The van der Waals surface area contributed by atoms with Crippen molar-refractivity contribution in [1.29, 1.82) is 0 Å². The van der Waals surface area contributed by atoms with E-state index >= 15 is 0 Å². The van der Waals surface area contributed by atoms with E-state index in [0.717, 1.165) is 32.5 Å². The van der Waals surface area contributed by atoms with Gasteiger partial charge >= 0.3 is 0 Å². The molecule has 3 heteroatoms. The van der Waals surface area contributed by atoms with Gasteiger partial charge in [0.25, 0.3) is 0 Å². The first-order valence-electron chi connectivity index (χ1n) is 4.23. The molecule has 0 amide bonds. The van der Waals surface area contributed by atoms with E-state index < -0.39 is 0 Å². The van der Waals surface area contributed by atoms with Crippen molar-refractivity contribution >= 4 is 0 Å². The SMILES string of the molecule is COCC(C)NCCCCN. The summed E-state index contributed by atoms with van der Waals surface area (Å²) in [6.07, 6.45) is 2.26. The molecule has 3 nitrogen and oxygen atoms in total. The van der Waals surface area contributed by atoms with Crippen molar-refractivity contribution in [1.82, 2.24) is 5.32 Å². The van der Waals surface area contributed by atoms with E-state index in [9.17, 15) is 0 Å². The van der Waals surface area contributed by atoms with Gasteiger partial charge in [-0.15, -0.1) is 0 Å². The van der Waals surface area contributed by atoms with E-state index in [2.05, 4.69) is 12.2 Å². The molecule has 0 bridgehead atoms. The van der Waals surface area contributed by atoms with Crippen LogP contribution in [0.1, 0.15) is 19.8 Å². The van der Waals surface area contributed by atoms with Crippen LogP contribution >= 0.6 is 0 Å². The quantitative estimate of drug-likeness (QED) is 0.528. The molecule has 0 radical (unpaired) electrons. The first-order chi connectivity index (χ1) is 5.31. The second kappa shape index (κ2) is 7.98. The van der Waals surface area contributed by atoms with Crippen molar-refractivity contribution in [2.45, 2.75) is 25.8 Å². The number of unbranched alkanes of at least 4 members (excludes halogenated alkanes) is 1. The molecule has 11 heavy (non-hydrogen) atoms. The molecule has 0 rings (SSSR count). The molecule has 0 aliphatic heterocycles. The second-order valence-corrected chi connectivity index (χ2v) is 2.81. The van der Waals surface area contributed by atoms with Gasteiger partial charge in [-0.3, -0.25) is 0 Å². The molecule has 68 valence electrons. The van der Waals surface area contributed by atoms with Gasteiger partial charge in [-0.25, -0.2) is 0 Å². The van der Waals surface area contributed by atoms with Gasteiger partial charge in [0.2, 0.25) is 0 Å². The molecular weight excluding hydrogens is 140 g/mol. The van der Waals surface area contributed by atoms with Crippen LogP contribution in [-0.2, 0) is 4.74 Å². The molecule has 0 spiro atoms. The van der Waals surface area contributed by atoms with Crippen LogP contribution in [0.5, 0.6) is 0 Å². The van der Waals surface area contributed by atoms with Gasteiger partial charge in [-0.1, -0.05) is 0 Å². The molecule has 0 aromatic carbocycles. The van der Waals surface area contributed by atoms with E-state index in [-0.39, 0.29) is 0 Å². The third kappa shape index (κ3) is 7.78. The molecule has 0 aromatic heterocycles. The fraction of sp³-hybridized carbons (Fsp3) is 1.00. The van der Waals surface area contributed by atoms with Crippen LogP contribution in [0.2, 0.25) is 0 Å². The Bertz CT molecular complexity index is 78.5. The van der Waals surface area contributed by atoms with Gasteiger partial charge in [-0.05, 0) is 32.9 Å². The van der Waals surface area contributed by atoms with Crippen LogP contribution in [0.3, 0.4) is 0 Å². The standard InChI is InChI=1S/C8H20N2O/c1-8(7-11-2)10-6-4-3-5-9/h8,10H,3-7,9H2,1-2H3. The molecule has 1 atom stereocenters. The largest absolute Gasteiger partial charge is 0.383 e. The molecule has 0 saturated heterocycles. The van der Waals surface area contributed by atoms with Crippen LogP contribution in [0.4, 0.5) is 0 Å². The van der Waals surface area contributed by atoms with E-state index in [0.29, 0.717) is 6.04 Å². The maximum Gasteiger partial charge on any atom is 0.0613 e. The first-order valence-corrected chi connectivity index (χ1v) is 4.23. The summed E-state index contributed by atoms with van der Waals surface area (Å²) < 4.78 is 4.97. The fourth-order valence-electron chi connectivity index (χ4n) is 0.927. The van der Waals surface area contributed by atoms with Crippen LogP contribution in [-0.4, -0.2) is 32.8 Å². The second-order valence-electron chi connectivity index (χ2n) is 2.81. The Morgan fingerprint density at radius 1 is 1.45 bits per heavy atom. The van der Waals surface area contributed by atoms with Crippen molar-refractivity contribution in [3.05, 3.63) is 0 Å². The summed E-state index contributed by atoms with van der Waals surface area (Å²) in [7, 11) is 1.72. The smallest absolute Gasteiger partial charge is 0.0613 e. The number of ether oxygens (including phenoxy) is 1. The number of nitrogens with two attached hydrogens (primary N) is 1. The highest BCUT2D eigenvalue weighted by molar-refractivity contribution is 4.58. The van der Waals surface area contributed by atoms with Crippen LogP contribution < -0.4 is 11.1 Å². The molecule has 1 unspecified atom stereocenters. The van der Waals surface area contributed by atoms with E-state index in [1.165, 1.54) is 0 Å². The van der Waals surface area contributed by atoms with Crippen molar-refractivity contribution in [3.63, 3.8) is 0 Å². The summed E-state index contributed by atoms with van der Waals surface area (Å²) >= 11 is 0. The van der Waals surface area contributed by atoms with Crippen molar-refractivity contribution in [2.75, 3.05) is 26.8 Å². The number of rotatable bonds is 7. The predicted molar refractivity (Wildman–Crippen MR) is 47.6 cm³/mol. The van der Waals surface area contributed by atoms with E-state index in [1.54, 1.807) is 7.11 Å². The Hall–Kier alpha value is -0.120. The van der Waals surface area contributed by atoms with Crippen LogP contribution in [0.15, 0.2) is 0 Å². The average molecular weight is 160 g/mol. The van der Waals surface area contributed by atoms with Crippen molar-refractivity contribution < 1.29 is 4.74 Å². The highest BCUT2D eigenvalue weighted by Crippen LogP contribution is 1.86. The summed E-state index contributed by atoms with van der Waals surface area (Å²) in [6.45, 7) is 4.73. The lowest BCUT2D eigenvalue weighted by atomic mass is 10.3. The fourth-order valence-corrected chi connectivity index (χ4v) is 0.927. The lowest BCUT2D eigenvalue weighted by Gasteiger charge is -2.11. The zero-order valence-corrected chi connectivity index (χ0v) is 7.60. The molecule has 0 aromatic rings. The van der Waals surface area contributed by atoms with Crippen molar-refractivity contribution in [3.8, 4) is 0 Å². The molecule has 0 fully saturated rings. The zero-order valence-electron chi connectivity index (χ0n) is 7.60. The summed E-state index contributed by atoms with van der Waals surface area (Å²) in [5, 5.41) is 3.34. The Balaban J connectivity index is 2.97. The third-order valence-corrected chi connectivity index (χ3v) is 1.54. The molecule has 0 saturated carbocycles. The van der Waals surface area contributed by atoms with Gasteiger partial charge in [0.15, 0.2) is 0 Å². The zero-order chi connectivity index (χ0) is 8.53. The highest BCUT2D eigenvalue weighted by atomic mass is 16.5. The van der Waals surface area contributed by atoms with Gasteiger partial charge < -0.3 is 15.8 Å². The molecule has 0 aliphatic carbocycles. The summed E-state index contributed by atoms with van der Waals surface area (Å²) in [5.74, 6) is 0. The molecule has 3 N–H and O–H groups in total. The summed E-state index contributed by atoms with van der Waals surface area (Å²) in [4.78, 5) is 0. The predicted octanol–water partition coefficient (Wildman–Crippen LogP) is 0.350.